The molecule has 0 fully saturated rings. The largest absolute Gasteiger partial charge is 0.481 e. The summed E-state index contributed by atoms with van der Waals surface area (Å²) in [5.74, 6) is -0.756. The van der Waals surface area contributed by atoms with Crippen LogP contribution in [-0.4, -0.2) is 22.6 Å². The van der Waals surface area contributed by atoms with E-state index in [0.29, 0.717) is 13.0 Å². The summed E-state index contributed by atoms with van der Waals surface area (Å²) in [6.45, 7) is 4.12. The maximum atomic E-state index is 10.8. The summed E-state index contributed by atoms with van der Waals surface area (Å²) in [6, 6.07) is 1.91. The number of aromatic nitrogens is 1. The first-order valence-corrected chi connectivity index (χ1v) is 4.62. The molecule has 14 heavy (non-hydrogen) atoms. The van der Waals surface area contributed by atoms with Crippen LogP contribution in [0.15, 0.2) is 18.5 Å². The smallest absolute Gasteiger partial charge is 0.309 e. The number of rotatable bonds is 5. The van der Waals surface area contributed by atoms with Gasteiger partial charge < -0.3 is 15.4 Å². The van der Waals surface area contributed by atoms with E-state index in [2.05, 4.69) is 10.3 Å². The van der Waals surface area contributed by atoms with Gasteiger partial charge in [-0.15, -0.1) is 0 Å². The molecule has 0 aliphatic carbocycles. The maximum Gasteiger partial charge on any atom is 0.309 e. The van der Waals surface area contributed by atoms with Crippen LogP contribution >= 0.6 is 0 Å². The normalized spacial score (nSPS) is 11.3. The van der Waals surface area contributed by atoms with Crippen molar-refractivity contribution in [2.45, 2.75) is 20.3 Å². The fraction of sp³-hybridized carbons (Fsp3) is 0.500. The average Bonchev–Trinajstić information content (AvgIpc) is 2.56. The molecule has 78 valence electrons. The van der Waals surface area contributed by atoms with Gasteiger partial charge in [0, 0.05) is 18.9 Å². The van der Waals surface area contributed by atoms with Crippen LogP contribution in [0.2, 0.25) is 0 Å². The van der Waals surface area contributed by atoms with Crippen LogP contribution in [0.5, 0.6) is 0 Å². The van der Waals surface area contributed by atoms with Crippen LogP contribution in [0.1, 0.15) is 20.3 Å². The standard InChI is InChI=1S/C10H16N2O2/c1-10(2,9(13)14)4-6-12-8-3-5-11-7-8/h3,5,7,11-12H,4,6H2,1-2H3,(H,13,14). The quantitative estimate of drug-likeness (QED) is 0.674. The van der Waals surface area contributed by atoms with Gasteiger partial charge in [-0.05, 0) is 26.3 Å². The Bertz CT molecular complexity index is 291. The van der Waals surface area contributed by atoms with E-state index < -0.39 is 11.4 Å². The SMILES string of the molecule is CC(C)(CCNc1cc[nH]c1)C(=O)O. The van der Waals surface area contributed by atoms with Crippen molar-refractivity contribution in [3.8, 4) is 0 Å². The molecule has 0 saturated carbocycles. The molecule has 3 N–H and O–H groups in total. The van der Waals surface area contributed by atoms with Crippen molar-refractivity contribution in [1.82, 2.24) is 4.98 Å². The van der Waals surface area contributed by atoms with Crippen molar-refractivity contribution in [3.05, 3.63) is 18.5 Å². The molecular formula is C10H16N2O2. The van der Waals surface area contributed by atoms with Crippen molar-refractivity contribution in [2.24, 2.45) is 5.41 Å². The number of hydrogen-bond acceptors (Lipinski definition) is 2. The molecule has 0 aliphatic heterocycles. The van der Waals surface area contributed by atoms with Crippen LogP contribution in [-0.2, 0) is 4.79 Å². The minimum atomic E-state index is -0.756. The Balaban J connectivity index is 2.31. The van der Waals surface area contributed by atoms with Crippen LogP contribution in [0.25, 0.3) is 0 Å². The molecule has 0 bridgehead atoms. The van der Waals surface area contributed by atoms with Crippen molar-refractivity contribution < 1.29 is 9.90 Å². The number of hydrogen-bond donors (Lipinski definition) is 3. The van der Waals surface area contributed by atoms with Crippen molar-refractivity contribution in [3.63, 3.8) is 0 Å². The van der Waals surface area contributed by atoms with E-state index in [0.717, 1.165) is 5.69 Å². The van der Waals surface area contributed by atoms with Gasteiger partial charge in [-0.3, -0.25) is 4.79 Å². The Hall–Kier alpha value is -1.45. The second-order valence-electron chi connectivity index (χ2n) is 3.97. The zero-order valence-corrected chi connectivity index (χ0v) is 8.50. The zero-order chi connectivity index (χ0) is 10.6. The van der Waals surface area contributed by atoms with E-state index in [9.17, 15) is 4.79 Å². The van der Waals surface area contributed by atoms with Gasteiger partial charge in [0.25, 0.3) is 0 Å². The average molecular weight is 196 g/mol. The van der Waals surface area contributed by atoms with Crippen molar-refractivity contribution in [1.29, 1.82) is 0 Å². The molecule has 0 aromatic carbocycles. The second-order valence-corrected chi connectivity index (χ2v) is 3.97. The summed E-state index contributed by atoms with van der Waals surface area (Å²) in [5.41, 5.74) is 0.328. The first kappa shape index (κ1) is 10.6. The lowest BCUT2D eigenvalue weighted by molar-refractivity contribution is -0.147. The monoisotopic (exact) mass is 196 g/mol. The summed E-state index contributed by atoms with van der Waals surface area (Å²) < 4.78 is 0. The maximum absolute atomic E-state index is 10.8. The van der Waals surface area contributed by atoms with Gasteiger partial charge in [-0.25, -0.2) is 0 Å². The summed E-state index contributed by atoms with van der Waals surface area (Å²) >= 11 is 0. The molecule has 0 spiro atoms. The van der Waals surface area contributed by atoms with E-state index in [1.165, 1.54) is 0 Å². The lowest BCUT2D eigenvalue weighted by atomic mass is 9.90. The number of anilines is 1. The Kier molecular flexibility index (Phi) is 3.17. The first-order valence-electron chi connectivity index (χ1n) is 4.62. The summed E-state index contributed by atoms with van der Waals surface area (Å²) in [4.78, 5) is 13.7. The van der Waals surface area contributed by atoms with Crippen LogP contribution < -0.4 is 5.32 Å². The third-order valence-corrected chi connectivity index (χ3v) is 2.26. The van der Waals surface area contributed by atoms with Gasteiger partial charge in [0.1, 0.15) is 0 Å². The highest BCUT2D eigenvalue weighted by Gasteiger charge is 2.26. The molecule has 0 unspecified atom stereocenters. The molecule has 1 aromatic rings. The molecule has 0 saturated heterocycles. The van der Waals surface area contributed by atoms with Crippen molar-refractivity contribution >= 4 is 11.7 Å². The molecule has 0 amide bonds. The molecule has 1 rings (SSSR count). The molecule has 4 nitrogen and oxygen atoms in total. The van der Waals surface area contributed by atoms with Gasteiger partial charge in [0.15, 0.2) is 0 Å². The number of aliphatic carboxylic acids is 1. The molecule has 1 heterocycles. The number of carboxylic acids is 1. The first-order chi connectivity index (χ1) is 6.52. The van der Waals surface area contributed by atoms with E-state index in [1.54, 1.807) is 13.8 Å². The lowest BCUT2D eigenvalue weighted by Gasteiger charge is -2.18. The van der Waals surface area contributed by atoms with E-state index in [-0.39, 0.29) is 0 Å². The highest BCUT2D eigenvalue weighted by Crippen LogP contribution is 2.20. The number of H-pyrrole nitrogens is 1. The molecule has 0 atom stereocenters. The number of aromatic amines is 1. The third-order valence-electron chi connectivity index (χ3n) is 2.26. The van der Waals surface area contributed by atoms with Gasteiger partial charge in [-0.2, -0.15) is 0 Å². The Morgan fingerprint density at radius 2 is 2.36 bits per heavy atom. The Morgan fingerprint density at radius 1 is 1.64 bits per heavy atom. The van der Waals surface area contributed by atoms with Gasteiger partial charge in [-0.1, -0.05) is 0 Å². The summed E-state index contributed by atoms with van der Waals surface area (Å²) in [7, 11) is 0. The summed E-state index contributed by atoms with van der Waals surface area (Å²) in [6.07, 6.45) is 4.27. The minimum Gasteiger partial charge on any atom is -0.481 e. The molecule has 4 heteroatoms. The highest BCUT2D eigenvalue weighted by molar-refractivity contribution is 5.73. The number of carboxylic acid groups (broad SMARTS) is 1. The van der Waals surface area contributed by atoms with Gasteiger partial charge in [0.05, 0.1) is 11.1 Å². The lowest BCUT2D eigenvalue weighted by Crippen LogP contribution is -2.26. The second kappa shape index (κ2) is 4.17. The minimum absolute atomic E-state index is 0.605. The highest BCUT2D eigenvalue weighted by atomic mass is 16.4. The molecular weight excluding hydrogens is 180 g/mol. The third kappa shape index (κ3) is 2.80. The van der Waals surface area contributed by atoms with Crippen molar-refractivity contribution in [2.75, 3.05) is 11.9 Å². The topological polar surface area (TPSA) is 65.1 Å². The number of carbonyl (C=O) groups is 1. The van der Waals surface area contributed by atoms with Gasteiger partial charge in [0.2, 0.25) is 0 Å². The Labute approximate surface area is 83.3 Å². The Morgan fingerprint density at radius 3 is 2.86 bits per heavy atom. The molecule has 1 aromatic heterocycles. The van der Waals surface area contributed by atoms with E-state index in [1.807, 2.05) is 18.5 Å². The van der Waals surface area contributed by atoms with Crippen LogP contribution in [0.3, 0.4) is 0 Å². The fourth-order valence-corrected chi connectivity index (χ4v) is 1.06. The molecule has 0 radical (unpaired) electrons. The molecule has 0 aliphatic rings. The fourth-order valence-electron chi connectivity index (χ4n) is 1.06. The van der Waals surface area contributed by atoms with Crippen LogP contribution in [0, 0.1) is 5.41 Å². The van der Waals surface area contributed by atoms with E-state index in [4.69, 9.17) is 5.11 Å². The predicted octanol–water partition coefficient (Wildman–Crippen LogP) is 1.93. The summed E-state index contributed by atoms with van der Waals surface area (Å²) in [5, 5.41) is 12.0. The number of nitrogens with one attached hydrogen (secondary N) is 2. The van der Waals surface area contributed by atoms with Crippen LogP contribution in [0.4, 0.5) is 5.69 Å². The zero-order valence-electron chi connectivity index (χ0n) is 8.50. The van der Waals surface area contributed by atoms with E-state index >= 15 is 0 Å². The van der Waals surface area contributed by atoms with Gasteiger partial charge >= 0.3 is 5.97 Å². The predicted molar refractivity (Wildman–Crippen MR) is 55.3 cm³/mol.